The van der Waals surface area contributed by atoms with Gasteiger partial charge in [0.05, 0.1) is 17.6 Å². The number of benzene rings is 1. The highest BCUT2D eigenvalue weighted by Gasteiger charge is 2.16. The first-order valence-corrected chi connectivity index (χ1v) is 9.41. The minimum absolute atomic E-state index is 0.154. The SMILES string of the molecule is COC(=O)c1ccc(S(=O)(=O)NCCN2CCCCCC2)cc1. The van der Waals surface area contributed by atoms with Gasteiger partial charge in [-0.25, -0.2) is 17.9 Å². The molecule has 1 aliphatic heterocycles. The second-order valence-corrected chi connectivity index (χ2v) is 7.44. The van der Waals surface area contributed by atoms with Crippen molar-refractivity contribution in [1.82, 2.24) is 9.62 Å². The Morgan fingerprint density at radius 1 is 1.13 bits per heavy atom. The largest absolute Gasteiger partial charge is 0.465 e. The van der Waals surface area contributed by atoms with E-state index in [1.807, 2.05) is 0 Å². The number of likely N-dealkylation sites (tertiary alicyclic amines) is 1. The fourth-order valence-corrected chi connectivity index (χ4v) is 3.69. The van der Waals surface area contributed by atoms with E-state index in [2.05, 4.69) is 14.4 Å². The molecule has 0 spiro atoms. The maximum absolute atomic E-state index is 12.2. The molecule has 0 saturated carbocycles. The van der Waals surface area contributed by atoms with Crippen LogP contribution in [0.3, 0.4) is 0 Å². The van der Waals surface area contributed by atoms with Gasteiger partial charge in [0, 0.05) is 13.1 Å². The molecular weight excluding hydrogens is 316 g/mol. The van der Waals surface area contributed by atoms with Gasteiger partial charge in [0.25, 0.3) is 0 Å². The number of nitrogens with one attached hydrogen (secondary N) is 1. The van der Waals surface area contributed by atoms with Crippen molar-refractivity contribution in [2.24, 2.45) is 0 Å². The van der Waals surface area contributed by atoms with Crippen molar-refractivity contribution in [3.63, 3.8) is 0 Å². The van der Waals surface area contributed by atoms with E-state index in [-0.39, 0.29) is 4.90 Å². The van der Waals surface area contributed by atoms with Crippen LogP contribution in [0.4, 0.5) is 0 Å². The predicted octanol–water partition coefficient (Wildman–Crippen LogP) is 1.63. The van der Waals surface area contributed by atoms with E-state index in [1.165, 1.54) is 57.1 Å². The summed E-state index contributed by atoms with van der Waals surface area (Å²) in [4.78, 5) is 13.8. The molecule has 1 aromatic carbocycles. The summed E-state index contributed by atoms with van der Waals surface area (Å²) >= 11 is 0. The van der Waals surface area contributed by atoms with Crippen LogP contribution in [-0.4, -0.2) is 52.6 Å². The Hall–Kier alpha value is -1.44. The van der Waals surface area contributed by atoms with Crippen LogP contribution in [0, 0.1) is 0 Å². The van der Waals surface area contributed by atoms with Crippen molar-refractivity contribution in [3.05, 3.63) is 29.8 Å². The molecule has 0 aliphatic carbocycles. The molecule has 1 aromatic rings. The minimum Gasteiger partial charge on any atom is -0.465 e. The first-order chi connectivity index (χ1) is 11.0. The summed E-state index contributed by atoms with van der Waals surface area (Å²) in [5, 5.41) is 0. The summed E-state index contributed by atoms with van der Waals surface area (Å²) in [5.74, 6) is -0.483. The molecule has 0 aromatic heterocycles. The Balaban J connectivity index is 1.89. The summed E-state index contributed by atoms with van der Waals surface area (Å²) in [5.41, 5.74) is 0.330. The van der Waals surface area contributed by atoms with Gasteiger partial charge in [-0.05, 0) is 50.2 Å². The van der Waals surface area contributed by atoms with Crippen molar-refractivity contribution < 1.29 is 17.9 Å². The van der Waals surface area contributed by atoms with E-state index in [0.717, 1.165) is 19.6 Å². The van der Waals surface area contributed by atoms with Crippen LogP contribution >= 0.6 is 0 Å². The van der Waals surface area contributed by atoms with Gasteiger partial charge in [-0.2, -0.15) is 0 Å². The number of carbonyl (C=O) groups excluding carboxylic acids is 1. The smallest absolute Gasteiger partial charge is 0.337 e. The lowest BCUT2D eigenvalue weighted by molar-refractivity contribution is 0.0600. The van der Waals surface area contributed by atoms with Crippen molar-refractivity contribution in [3.8, 4) is 0 Å². The first-order valence-electron chi connectivity index (χ1n) is 7.93. The highest BCUT2D eigenvalue weighted by atomic mass is 32.2. The van der Waals surface area contributed by atoms with Crippen molar-refractivity contribution in [1.29, 1.82) is 0 Å². The summed E-state index contributed by atoms with van der Waals surface area (Å²) in [7, 11) is -2.26. The number of methoxy groups -OCH3 is 1. The van der Waals surface area contributed by atoms with Crippen LogP contribution in [0.15, 0.2) is 29.2 Å². The first kappa shape index (κ1) is 17.9. The quantitative estimate of drug-likeness (QED) is 0.797. The second-order valence-electron chi connectivity index (χ2n) is 5.67. The molecule has 23 heavy (non-hydrogen) atoms. The van der Waals surface area contributed by atoms with Crippen molar-refractivity contribution in [2.75, 3.05) is 33.3 Å². The third kappa shape index (κ3) is 5.30. The Morgan fingerprint density at radius 2 is 1.74 bits per heavy atom. The average molecular weight is 340 g/mol. The van der Waals surface area contributed by atoms with Crippen LogP contribution in [0.5, 0.6) is 0 Å². The maximum atomic E-state index is 12.2. The number of ether oxygens (including phenoxy) is 1. The fourth-order valence-electron chi connectivity index (χ4n) is 2.67. The monoisotopic (exact) mass is 340 g/mol. The van der Waals surface area contributed by atoms with E-state index < -0.39 is 16.0 Å². The molecule has 1 heterocycles. The number of rotatable bonds is 6. The van der Waals surface area contributed by atoms with Crippen LogP contribution in [0.2, 0.25) is 0 Å². The molecule has 1 saturated heterocycles. The van der Waals surface area contributed by atoms with E-state index >= 15 is 0 Å². The lowest BCUT2D eigenvalue weighted by atomic mass is 10.2. The lowest BCUT2D eigenvalue weighted by Gasteiger charge is -2.19. The molecule has 0 amide bonds. The standard InChI is InChI=1S/C16H24N2O4S/c1-22-16(19)14-6-8-15(9-7-14)23(20,21)17-10-13-18-11-4-2-3-5-12-18/h6-9,17H,2-5,10-13H2,1H3. The minimum atomic E-state index is -3.55. The molecule has 128 valence electrons. The van der Waals surface area contributed by atoms with Gasteiger partial charge in [-0.1, -0.05) is 12.8 Å². The number of hydrogen-bond donors (Lipinski definition) is 1. The Kier molecular flexibility index (Phi) is 6.56. The zero-order valence-electron chi connectivity index (χ0n) is 13.5. The van der Waals surface area contributed by atoms with E-state index in [1.54, 1.807) is 0 Å². The summed E-state index contributed by atoms with van der Waals surface area (Å²) in [6.07, 6.45) is 4.88. The Labute approximate surface area is 137 Å². The van der Waals surface area contributed by atoms with E-state index in [0.29, 0.717) is 12.1 Å². The van der Waals surface area contributed by atoms with Crippen LogP contribution in [0.25, 0.3) is 0 Å². The van der Waals surface area contributed by atoms with Gasteiger partial charge in [-0.3, -0.25) is 0 Å². The van der Waals surface area contributed by atoms with Crippen LogP contribution in [-0.2, 0) is 14.8 Å². The zero-order valence-corrected chi connectivity index (χ0v) is 14.3. The number of sulfonamides is 1. The molecular formula is C16H24N2O4S. The topological polar surface area (TPSA) is 75.7 Å². The van der Waals surface area contributed by atoms with Crippen LogP contribution in [0.1, 0.15) is 36.0 Å². The molecule has 0 bridgehead atoms. The molecule has 7 heteroatoms. The maximum Gasteiger partial charge on any atom is 0.337 e. The summed E-state index contributed by atoms with van der Waals surface area (Å²) in [6.45, 7) is 3.19. The average Bonchev–Trinajstić information content (AvgIpc) is 2.83. The molecule has 0 unspecified atom stereocenters. The summed E-state index contributed by atoms with van der Waals surface area (Å²) < 4.78 is 31.7. The second kappa shape index (κ2) is 8.42. The third-order valence-corrected chi connectivity index (χ3v) is 5.48. The van der Waals surface area contributed by atoms with Gasteiger partial charge in [-0.15, -0.1) is 0 Å². The molecule has 2 rings (SSSR count). The zero-order chi connectivity index (χ0) is 16.7. The summed E-state index contributed by atoms with van der Waals surface area (Å²) in [6, 6.07) is 5.74. The van der Waals surface area contributed by atoms with Crippen molar-refractivity contribution >= 4 is 16.0 Å². The number of esters is 1. The number of carbonyl (C=O) groups is 1. The van der Waals surface area contributed by atoms with Gasteiger partial charge in [0.1, 0.15) is 0 Å². The predicted molar refractivity (Wildman–Crippen MR) is 87.9 cm³/mol. The molecule has 0 radical (unpaired) electrons. The van der Waals surface area contributed by atoms with E-state index in [9.17, 15) is 13.2 Å². The molecule has 1 N–H and O–H groups in total. The van der Waals surface area contributed by atoms with Gasteiger partial charge in [0.2, 0.25) is 10.0 Å². The van der Waals surface area contributed by atoms with Crippen molar-refractivity contribution in [2.45, 2.75) is 30.6 Å². The number of hydrogen-bond acceptors (Lipinski definition) is 5. The van der Waals surface area contributed by atoms with Gasteiger partial charge in [0.15, 0.2) is 0 Å². The highest BCUT2D eigenvalue weighted by Crippen LogP contribution is 2.12. The number of nitrogens with zero attached hydrogens (tertiary/aromatic N) is 1. The highest BCUT2D eigenvalue weighted by molar-refractivity contribution is 7.89. The van der Waals surface area contributed by atoms with E-state index in [4.69, 9.17) is 0 Å². The van der Waals surface area contributed by atoms with Gasteiger partial charge < -0.3 is 9.64 Å². The fraction of sp³-hybridized carbons (Fsp3) is 0.562. The molecule has 1 aliphatic rings. The Morgan fingerprint density at radius 3 is 2.30 bits per heavy atom. The van der Waals surface area contributed by atoms with Crippen LogP contribution < -0.4 is 4.72 Å². The molecule has 1 fully saturated rings. The normalized spacial score (nSPS) is 16.7. The molecule has 6 nitrogen and oxygen atoms in total. The lowest BCUT2D eigenvalue weighted by Crippen LogP contribution is -2.35. The third-order valence-electron chi connectivity index (χ3n) is 4.00. The van der Waals surface area contributed by atoms with Gasteiger partial charge >= 0.3 is 5.97 Å². The molecule has 0 atom stereocenters. The Bertz CT molecular complexity index is 605.